The zero-order valence-corrected chi connectivity index (χ0v) is 14.7. The van der Waals surface area contributed by atoms with Crippen molar-refractivity contribution in [2.24, 2.45) is 0 Å². The second kappa shape index (κ2) is 7.74. The smallest absolute Gasteiger partial charge is 0.221 e. The van der Waals surface area contributed by atoms with E-state index < -0.39 is 33.4 Å². The minimum Gasteiger partial charge on any atom is -0.349 e. The molecule has 0 radical (unpaired) electrons. The van der Waals surface area contributed by atoms with Crippen LogP contribution < -0.4 is 5.32 Å². The number of carbonyl (C=O) groups is 1. The molecule has 0 aliphatic carbocycles. The highest BCUT2D eigenvalue weighted by Gasteiger charge is 2.18. The molecule has 7 heteroatoms. The van der Waals surface area contributed by atoms with Crippen molar-refractivity contribution in [1.29, 1.82) is 0 Å². The maximum absolute atomic E-state index is 13.7. The van der Waals surface area contributed by atoms with Gasteiger partial charge >= 0.3 is 0 Å². The van der Waals surface area contributed by atoms with Gasteiger partial charge in [0.2, 0.25) is 5.91 Å². The molecule has 0 aliphatic heterocycles. The first-order valence-electron chi connectivity index (χ1n) is 7.73. The lowest BCUT2D eigenvalue weighted by Crippen LogP contribution is -2.29. The summed E-state index contributed by atoms with van der Waals surface area (Å²) in [6, 6.07) is 8.76. The third-order valence-electron chi connectivity index (χ3n) is 3.78. The fourth-order valence-corrected chi connectivity index (χ4v) is 3.58. The van der Waals surface area contributed by atoms with E-state index in [1.807, 2.05) is 6.92 Å². The second-order valence-electron chi connectivity index (χ2n) is 5.84. The lowest BCUT2D eigenvalue weighted by atomic mass is 10.1. The molecule has 2 rings (SSSR count). The molecule has 0 saturated heterocycles. The van der Waals surface area contributed by atoms with E-state index in [0.717, 1.165) is 17.7 Å². The molecule has 2 aromatic rings. The van der Waals surface area contributed by atoms with Gasteiger partial charge in [0, 0.05) is 18.1 Å². The molecule has 0 saturated carbocycles. The molecule has 0 bridgehead atoms. The summed E-state index contributed by atoms with van der Waals surface area (Å²) in [6.07, 6.45) is -0.247. The Bertz CT molecular complexity index is 864. The monoisotopic (exact) mass is 367 g/mol. The number of hydrogen-bond donors (Lipinski definition) is 1. The predicted octanol–water partition coefficient (Wildman–Crippen LogP) is 3.31. The van der Waals surface area contributed by atoms with E-state index in [-0.39, 0.29) is 22.6 Å². The SMILES string of the molecule is Cc1ccc(S(=O)(=O)CCC(=O)N[C@H](C)c2ccc(F)cc2F)cc1. The number of aryl methyl sites for hydroxylation is 1. The fourth-order valence-electron chi connectivity index (χ4n) is 2.33. The van der Waals surface area contributed by atoms with Crippen molar-refractivity contribution < 1.29 is 22.0 Å². The Hall–Kier alpha value is -2.28. The summed E-state index contributed by atoms with van der Waals surface area (Å²) in [7, 11) is -3.57. The first kappa shape index (κ1) is 19.1. The summed E-state index contributed by atoms with van der Waals surface area (Å²) in [5.41, 5.74) is 1.07. The van der Waals surface area contributed by atoms with E-state index in [1.54, 1.807) is 19.1 Å². The number of benzene rings is 2. The number of hydrogen-bond acceptors (Lipinski definition) is 3. The molecule has 25 heavy (non-hydrogen) atoms. The van der Waals surface area contributed by atoms with Crippen molar-refractivity contribution in [3.63, 3.8) is 0 Å². The molecule has 4 nitrogen and oxygen atoms in total. The van der Waals surface area contributed by atoms with Crippen molar-refractivity contribution in [3.05, 3.63) is 65.2 Å². The third-order valence-corrected chi connectivity index (χ3v) is 5.52. The maximum Gasteiger partial charge on any atom is 0.221 e. The molecule has 1 amide bonds. The van der Waals surface area contributed by atoms with Crippen LogP contribution in [0.5, 0.6) is 0 Å². The molecule has 0 heterocycles. The number of rotatable bonds is 6. The summed E-state index contributed by atoms with van der Waals surface area (Å²) in [6.45, 7) is 3.39. The van der Waals surface area contributed by atoms with Crippen LogP contribution in [0.1, 0.15) is 30.5 Å². The van der Waals surface area contributed by atoms with Crippen LogP contribution in [-0.4, -0.2) is 20.1 Å². The Balaban J connectivity index is 1.97. The lowest BCUT2D eigenvalue weighted by Gasteiger charge is -2.15. The van der Waals surface area contributed by atoms with E-state index in [4.69, 9.17) is 0 Å². The third kappa shape index (κ3) is 5.09. The molecular weight excluding hydrogens is 348 g/mol. The van der Waals surface area contributed by atoms with Crippen molar-refractivity contribution in [2.75, 3.05) is 5.75 Å². The maximum atomic E-state index is 13.7. The lowest BCUT2D eigenvalue weighted by molar-refractivity contribution is -0.121. The van der Waals surface area contributed by atoms with Crippen LogP contribution >= 0.6 is 0 Å². The van der Waals surface area contributed by atoms with Crippen molar-refractivity contribution in [2.45, 2.75) is 31.2 Å². The molecule has 0 fully saturated rings. The van der Waals surface area contributed by atoms with Crippen LogP contribution in [0.4, 0.5) is 8.78 Å². The largest absolute Gasteiger partial charge is 0.349 e. The van der Waals surface area contributed by atoms with Gasteiger partial charge in [0.05, 0.1) is 16.7 Å². The zero-order valence-electron chi connectivity index (χ0n) is 13.9. The highest BCUT2D eigenvalue weighted by atomic mass is 32.2. The number of nitrogens with one attached hydrogen (secondary N) is 1. The topological polar surface area (TPSA) is 63.2 Å². The van der Waals surface area contributed by atoms with Crippen LogP contribution in [0.25, 0.3) is 0 Å². The van der Waals surface area contributed by atoms with Gasteiger partial charge in [-0.1, -0.05) is 23.8 Å². The molecule has 0 spiro atoms. The molecule has 2 aromatic carbocycles. The average Bonchev–Trinajstić information content (AvgIpc) is 2.53. The van der Waals surface area contributed by atoms with E-state index in [9.17, 15) is 22.0 Å². The fraction of sp³-hybridized carbons (Fsp3) is 0.278. The molecule has 0 unspecified atom stereocenters. The van der Waals surface area contributed by atoms with Gasteiger partial charge in [-0.2, -0.15) is 0 Å². The summed E-state index contributed by atoms with van der Waals surface area (Å²) in [4.78, 5) is 12.1. The van der Waals surface area contributed by atoms with E-state index in [1.165, 1.54) is 18.2 Å². The van der Waals surface area contributed by atoms with Crippen molar-refractivity contribution >= 4 is 15.7 Å². The van der Waals surface area contributed by atoms with Gasteiger partial charge in [-0.15, -0.1) is 0 Å². The Labute approximate surface area is 145 Å². The van der Waals surface area contributed by atoms with Crippen molar-refractivity contribution in [3.8, 4) is 0 Å². The van der Waals surface area contributed by atoms with Gasteiger partial charge in [-0.25, -0.2) is 17.2 Å². The van der Waals surface area contributed by atoms with Gasteiger partial charge < -0.3 is 5.32 Å². The molecule has 1 N–H and O–H groups in total. The van der Waals surface area contributed by atoms with Crippen LogP contribution in [0.15, 0.2) is 47.4 Å². The normalized spacial score (nSPS) is 12.6. The van der Waals surface area contributed by atoms with E-state index in [0.29, 0.717) is 0 Å². The van der Waals surface area contributed by atoms with Gasteiger partial charge in [-0.3, -0.25) is 4.79 Å². The minimum atomic E-state index is -3.57. The summed E-state index contributed by atoms with van der Waals surface area (Å²) in [5, 5.41) is 2.52. The molecule has 0 aliphatic rings. The van der Waals surface area contributed by atoms with Crippen LogP contribution in [0.3, 0.4) is 0 Å². The Morgan fingerprint density at radius 1 is 1.12 bits per heavy atom. The number of halogens is 2. The van der Waals surface area contributed by atoms with Gasteiger partial charge in [-0.05, 0) is 32.0 Å². The average molecular weight is 367 g/mol. The Morgan fingerprint density at radius 3 is 2.36 bits per heavy atom. The van der Waals surface area contributed by atoms with Gasteiger partial charge in [0.15, 0.2) is 9.84 Å². The molecule has 0 aromatic heterocycles. The zero-order chi connectivity index (χ0) is 18.6. The van der Waals surface area contributed by atoms with E-state index in [2.05, 4.69) is 5.32 Å². The number of sulfone groups is 1. The first-order valence-corrected chi connectivity index (χ1v) is 9.38. The predicted molar refractivity (Wildman–Crippen MR) is 90.8 cm³/mol. The van der Waals surface area contributed by atoms with Gasteiger partial charge in [0.25, 0.3) is 0 Å². The van der Waals surface area contributed by atoms with Crippen LogP contribution in [0.2, 0.25) is 0 Å². The molecular formula is C18H19F2NO3S. The molecule has 1 atom stereocenters. The second-order valence-corrected chi connectivity index (χ2v) is 7.95. The Morgan fingerprint density at radius 2 is 1.76 bits per heavy atom. The molecule has 134 valence electrons. The Kier molecular flexibility index (Phi) is 5.89. The highest BCUT2D eigenvalue weighted by molar-refractivity contribution is 7.91. The van der Waals surface area contributed by atoms with Gasteiger partial charge in [0.1, 0.15) is 11.6 Å². The van der Waals surface area contributed by atoms with Crippen LogP contribution in [-0.2, 0) is 14.6 Å². The van der Waals surface area contributed by atoms with Crippen molar-refractivity contribution in [1.82, 2.24) is 5.32 Å². The van der Waals surface area contributed by atoms with E-state index >= 15 is 0 Å². The summed E-state index contributed by atoms with van der Waals surface area (Å²) >= 11 is 0. The van der Waals surface area contributed by atoms with Crippen LogP contribution in [0, 0.1) is 18.6 Å². The minimum absolute atomic E-state index is 0.135. The summed E-state index contributed by atoms with van der Waals surface area (Å²) in [5.74, 6) is -2.34. The first-order chi connectivity index (χ1) is 11.7. The number of carbonyl (C=O) groups excluding carboxylic acids is 1. The summed E-state index contributed by atoms with van der Waals surface area (Å²) < 4.78 is 51.0. The highest BCUT2D eigenvalue weighted by Crippen LogP contribution is 2.18. The quantitative estimate of drug-likeness (QED) is 0.852. The standard InChI is InChI=1S/C18H19F2NO3S/c1-12-3-6-15(7-4-12)25(23,24)10-9-18(22)21-13(2)16-8-5-14(19)11-17(16)20/h3-8,11,13H,9-10H2,1-2H3,(H,21,22)/t13-/m1/s1. The number of amides is 1.